The molecule has 5 nitrogen and oxygen atoms in total. The molecule has 3 N–H and O–H groups in total. The Balaban J connectivity index is 2.38. The Labute approximate surface area is 70.9 Å². The number of amides is 2. The van der Waals surface area contributed by atoms with E-state index in [4.69, 9.17) is 0 Å². The maximum atomic E-state index is 10.2. The topological polar surface area (TPSA) is 70.2 Å². The summed E-state index contributed by atoms with van der Waals surface area (Å²) in [4.78, 5) is 20.3. The first kappa shape index (κ1) is 8.99. The Kier molecular flexibility index (Phi) is 3.53. The van der Waals surface area contributed by atoms with Gasteiger partial charge in [-0.1, -0.05) is 0 Å². The first-order valence-corrected chi connectivity index (χ1v) is 4.01. The minimum atomic E-state index is -0.275. The van der Waals surface area contributed by atoms with Crippen molar-refractivity contribution in [2.24, 2.45) is 0 Å². The predicted molar refractivity (Wildman–Crippen MR) is 43.2 cm³/mol. The summed E-state index contributed by atoms with van der Waals surface area (Å²) >= 11 is 0. The summed E-state index contributed by atoms with van der Waals surface area (Å²) in [6.07, 6.45) is 2.99. The van der Waals surface area contributed by atoms with Gasteiger partial charge in [-0.05, 0) is 19.4 Å². The normalized spacial score (nSPS) is 22.2. The molecule has 0 spiro atoms. The van der Waals surface area contributed by atoms with Crippen LogP contribution in [-0.2, 0) is 9.59 Å². The molecule has 1 heterocycles. The molecule has 1 atom stereocenters. The largest absolute Gasteiger partial charge is 0.337 e. The van der Waals surface area contributed by atoms with Crippen molar-refractivity contribution in [3.63, 3.8) is 0 Å². The zero-order valence-corrected chi connectivity index (χ0v) is 6.75. The summed E-state index contributed by atoms with van der Waals surface area (Å²) in [7, 11) is 0. The molecule has 2 amide bonds. The second kappa shape index (κ2) is 4.71. The van der Waals surface area contributed by atoms with Crippen molar-refractivity contribution >= 4 is 12.8 Å². The molecule has 1 aliphatic rings. The van der Waals surface area contributed by atoms with Gasteiger partial charge in [0.05, 0.1) is 0 Å². The number of carbonyl (C=O) groups excluding carboxylic acids is 2. The van der Waals surface area contributed by atoms with Crippen LogP contribution in [0.3, 0.4) is 0 Å². The summed E-state index contributed by atoms with van der Waals surface area (Å²) < 4.78 is 0. The molecule has 0 bridgehead atoms. The van der Waals surface area contributed by atoms with E-state index >= 15 is 0 Å². The van der Waals surface area contributed by atoms with Crippen LogP contribution < -0.4 is 16.0 Å². The van der Waals surface area contributed by atoms with Crippen molar-refractivity contribution in [2.45, 2.75) is 25.0 Å². The first-order chi connectivity index (χ1) is 5.88. The van der Waals surface area contributed by atoms with Crippen LogP contribution in [0.5, 0.6) is 0 Å². The van der Waals surface area contributed by atoms with E-state index in [9.17, 15) is 9.59 Å². The summed E-state index contributed by atoms with van der Waals surface area (Å²) in [6.45, 7) is 0.947. The second-order valence-corrected chi connectivity index (χ2v) is 2.75. The molecule has 12 heavy (non-hydrogen) atoms. The zero-order valence-electron chi connectivity index (χ0n) is 6.75. The highest BCUT2D eigenvalue weighted by molar-refractivity contribution is 5.51. The molecule has 1 fully saturated rings. The van der Waals surface area contributed by atoms with Crippen molar-refractivity contribution in [3.8, 4) is 0 Å². The van der Waals surface area contributed by atoms with Crippen molar-refractivity contribution in [1.82, 2.24) is 16.0 Å². The fourth-order valence-electron chi connectivity index (χ4n) is 1.42. The van der Waals surface area contributed by atoms with E-state index in [1.807, 2.05) is 0 Å². The predicted octanol–water partition coefficient (Wildman–Crippen LogP) is -1.44. The number of carbonyl (C=O) groups is 2. The van der Waals surface area contributed by atoms with Crippen LogP contribution in [0.2, 0.25) is 0 Å². The minimum absolute atomic E-state index is 0.167. The van der Waals surface area contributed by atoms with E-state index in [1.165, 1.54) is 0 Å². The van der Waals surface area contributed by atoms with Crippen LogP contribution in [0, 0.1) is 0 Å². The van der Waals surface area contributed by atoms with Crippen molar-refractivity contribution in [2.75, 3.05) is 6.54 Å². The van der Waals surface area contributed by atoms with Gasteiger partial charge in [-0.15, -0.1) is 0 Å². The Morgan fingerprint density at radius 1 is 1.33 bits per heavy atom. The molecule has 0 saturated carbocycles. The number of hydrogen-bond acceptors (Lipinski definition) is 3. The number of hydrogen-bond donors (Lipinski definition) is 3. The molecule has 0 aromatic rings. The maximum absolute atomic E-state index is 10.2. The van der Waals surface area contributed by atoms with Gasteiger partial charge >= 0.3 is 0 Å². The second-order valence-electron chi connectivity index (χ2n) is 2.75. The van der Waals surface area contributed by atoms with Crippen LogP contribution in [-0.4, -0.2) is 31.6 Å². The number of rotatable bonds is 5. The highest BCUT2D eigenvalue weighted by atomic mass is 16.1. The lowest BCUT2D eigenvalue weighted by molar-refractivity contribution is -0.112. The third-order valence-electron chi connectivity index (χ3n) is 2.00. The van der Waals surface area contributed by atoms with E-state index in [2.05, 4.69) is 16.0 Å². The van der Waals surface area contributed by atoms with E-state index < -0.39 is 0 Å². The van der Waals surface area contributed by atoms with Crippen LogP contribution in [0.4, 0.5) is 0 Å². The molecular weight excluding hydrogens is 158 g/mol. The molecule has 1 unspecified atom stereocenters. The molecule has 5 heteroatoms. The van der Waals surface area contributed by atoms with Crippen molar-refractivity contribution < 1.29 is 9.59 Å². The standard InChI is InChI=1S/C7H13N3O2/c11-4-9-7(10-5-12)6-2-1-3-8-6/h4-8H,1-3H2,(H,9,11)(H,10,12). The molecule has 0 aromatic carbocycles. The van der Waals surface area contributed by atoms with Gasteiger partial charge in [0.2, 0.25) is 12.8 Å². The molecule has 1 rings (SSSR count). The Morgan fingerprint density at radius 3 is 2.42 bits per heavy atom. The van der Waals surface area contributed by atoms with Gasteiger partial charge in [-0.3, -0.25) is 9.59 Å². The van der Waals surface area contributed by atoms with Gasteiger partial charge in [0.25, 0.3) is 0 Å². The molecule has 0 aromatic heterocycles. The fraction of sp³-hybridized carbons (Fsp3) is 0.714. The van der Waals surface area contributed by atoms with Crippen molar-refractivity contribution in [1.29, 1.82) is 0 Å². The molecule has 68 valence electrons. The molecule has 1 saturated heterocycles. The summed E-state index contributed by atoms with van der Waals surface area (Å²) in [5.41, 5.74) is 0. The first-order valence-electron chi connectivity index (χ1n) is 4.01. The third-order valence-corrected chi connectivity index (χ3v) is 2.00. The van der Waals surface area contributed by atoms with E-state index in [0.717, 1.165) is 19.4 Å². The average Bonchev–Trinajstić information content (AvgIpc) is 2.56. The number of nitrogens with one attached hydrogen (secondary N) is 3. The van der Waals surface area contributed by atoms with Crippen LogP contribution in [0.25, 0.3) is 0 Å². The fourth-order valence-corrected chi connectivity index (χ4v) is 1.42. The van der Waals surface area contributed by atoms with Crippen LogP contribution in [0.15, 0.2) is 0 Å². The quantitative estimate of drug-likeness (QED) is 0.350. The van der Waals surface area contributed by atoms with E-state index in [0.29, 0.717) is 12.8 Å². The molecule has 0 radical (unpaired) electrons. The Bertz CT molecular complexity index is 147. The highest BCUT2D eigenvalue weighted by Crippen LogP contribution is 2.06. The summed E-state index contributed by atoms with van der Waals surface area (Å²) in [5, 5.41) is 8.26. The van der Waals surface area contributed by atoms with Crippen molar-refractivity contribution in [3.05, 3.63) is 0 Å². The van der Waals surface area contributed by atoms with E-state index in [-0.39, 0.29) is 12.2 Å². The van der Waals surface area contributed by atoms with E-state index in [1.54, 1.807) is 0 Å². The van der Waals surface area contributed by atoms with Gasteiger partial charge in [0.15, 0.2) is 0 Å². The van der Waals surface area contributed by atoms with Crippen LogP contribution in [0.1, 0.15) is 12.8 Å². The molecule has 0 aliphatic carbocycles. The molecule has 1 aliphatic heterocycles. The third kappa shape index (κ3) is 2.20. The van der Waals surface area contributed by atoms with Crippen LogP contribution >= 0.6 is 0 Å². The lowest BCUT2D eigenvalue weighted by atomic mass is 10.2. The average molecular weight is 171 g/mol. The van der Waals surface area contributed by atoms with Gasteiger partial charge < -0.3 is 16.0 Å². The minimum Gasteiger partial charge on any atom is -0.337 e. The molecular formula is C7H13N3O2. The lowest BCUT2D eigenvalue weighted by Crippen LogP contribution is -2.53. The monoisotopic (exact) mass is 171 g/mol. The van der Waals surface area contributed by atoms with Gasteiger partial charge in [0.1, 0.15) is 6.17 Å². The lowest BCUT2D eigenvalue weighted by Gasteiger charge is -2.21. The van der Waals surface area contributed by atoms with Gasteiger partial charge in [-0.25, -0.2) is 0 Å². The Hall–Kier alpha value is -1.10. The SMILES string of the molecule is O=CNC(NC=O)C1CCCN1. The summed E-state index contributed by atoms with van der Waals surface area (Å²) in [5.74, 6) is 0. The van der Waals surface area contributed by atoms with Gasteiger partial charge in [0, 0.05) is 6.04 Å². The smallest absolute Gasteiger partial charge is 0.208 e. The Morgan fingerprint density at radius 2 is 2.00 bits per heavy atom. The highest BCUT2D eigenvalue weighted by Gasteiger charge is 2.23. The maximum Gasteiger partial charge on any atom is 0.208 e. The summed E-state index contributed by atoms with van der Waals surface area (Å²) in [6, 6.07) is 0.167. The zero-order chi connectivity index (χ0) is 8.81. The van der Waals surface area contributed by atoms with Gasteiger partial charge in [-0.2, -0.15) is 0 Å².